The lowest BCUT2D eigenvalue weighted by Gasteiger charge is -2.20. The molecule has 0 spiro atoms. The molecule has 1 aromatic rings. The number of halogens is 3. The van der Waals surface area contributed by atoms with Crippen molar-refractivity contribution in [1.82, 2.24) is 4.90 Å². The van der Waals surface area contributed by atoms with Crippen LogP contribution in [0, 0.1) is 0 Å². The third-order valence-corrected chi connectivity index (χ3v) is 2.57. The number of alkyl halides is 2. The van der Waals surface area contributed by atoms with Gasteiger partial charge in [-0.1, -0.05) is 29.8 Å². The molecule has 0 aliphatic heterocycles. The third kappa shape index (κ3) is 3.17. The van der Waals surface area contributed by atoms with E-state index in [1.165, 1.54) is 0 Å². The summed E-state index contributed by atoms with van der Waals surface area (Å²) >= 11 is 5.88. The quantitative estimate of drug-likeness (QED) is 0.801. The molecule has 1 aromatic carbocycles. The van der Waals surface area contributed by atoms with Gasteiger partial charge in [0.2, 0.25) is 0 Å². The average molecular weight is 248 g/mol. The first kappa shape index (κ1) is 12.9. The molecule has 1 rings (SSSR count). The fraction of sp³-hybridized carbons (Fsp3) is 0.364. The zero-order valence-corrected chi connectivity index (χ0v) is 9.55. The predicted molar refractivity (Wildman–Crippen MR) is 58.5 cm³/mol. The van der Waals surface area contributed by atoms with Crippen molar-refractivity contribution in [2.24, 2.45) is 0 Å². The Morgan fingerprint density at radius 1 is 1.44 bits per heavy atom. The van der Waals surface area contributed by atoms with E-state index in [9.17, 15) is 13.6 Å². The van der Waals surface area contributed by atoms with Crippen LogP contribution in [-0.4, -0.2) is 23.8 Å². The average Bonchev–Trinajstić information content (AvgIpc) is 2.27. The van der Waals surface area contributed by atoms with Gasteiger partial charge >= 0.3 is 6.43 Å². The van der Waals surface area contributed by atoms with Crippen molar-refractivity contribution in [3.05, 3.63) is 34.9 Å². The van der Waals surface area contributed by atoms with E-state index in [0.29, 0.717) is 10.6 Å². The number of rotatable bonds is 4. The highest BCUT2D eigenvalue weighted by molar-refractivity contribution is 6.31. The van der Waals surface area contributed by atoms with Gasteiger partial charge < -0.3 is 4.90 Å². The van der Waals surface area contributed by atoms with Crippen molar-refractivity contribution in [2.75, 3.05) is 6.54 Å². The van der Waals surface area contributed by atoms with Crippen LogP contribution in [0.5, 0.6) is 0 Å². The summed E-state index contributed by atoms with van der Waals surface area (Å²) in [5.41, 5.74) is 0.667. The highest BCUT2D eigenvalue weighted by Crippen LogP contribution is 2.17. The van der Waals surface area contributed by atoms with Gasteiger partial charge in [-0.2, -0.15) is 8.78 Å². The Hall–Kier alpha value is -1.16. The van der Waals surface area contributed by atoms with Gasteiger partial charge in [0.1, 0.15) is 0 Å². The Bertz CT molecular complexity index is 371. The fourth-order valence-corrected chi connectivity index (χ4v) is 1.51. The van der Waals surface area contributed by atoms with E-state index in [0.717, 1.165) is 4.90 Å². The molecule has 0 radical (unpaired) electrons. The van der Waals surface area contributed by atoms with E-state index in [4.69, 9.17) is 11.6 Å². The maximum atomic E-state index is 12.2. The Kier molecular flexibility index (Phi) is 4.68. The Morgan fingerprint density at radius 3 is 2.56 bits per heavy atom. The second-order valence-electron chi connectivity index (χ2n) is 3.24. The van der Waals surface area contributed by atoms with Crippen molar-refractivity contribution in [3.8, 4) is 0 Å². The van der Waals surface area contributed by atoms with Crippen molar-refractivity contribution >= 4 is 17.5 Å². The second kappa shape index (κ2) is 5.80. The van der Waals surface area contributed by atoms with Gasteiger partial charge in [-0.15, -0.1) is 0 Å². The number of carbonyl (C=O) groups is 1. The lowest BCUT2D eigenvalue weighted by atomic mass is 10.2. The van der Waals surface area contributed by atoms with Gasteiger partial charge in [-0.05, 0) is 18.6 Å². The molecule has 0 aliphatic rings. The fourth-order valence-electron chi connectivity index (χ4n) is 1.32. The lowest BCUT2D eigenvalue weighted by Crippen LogP contribution is -2.35. The van der Waals surface area contributed by atoms with Crippen LogP contribution in [-0.2, 0) is 11.3 Å². The van der Waals surface area contributed by atoms with Crippen molar-refractivity contribution in [1.29, 1.82) is 0 Å². The highest BCUT2D eigenvalue weighted by atomic mass is 35.5. The summed E-state index contributed by atoms with van der Waals surface area (Å²) in [5.74, 6) is -1.16. The molecule has 16 heavy (non-hydrogen) atoms. The molecule has 0 saturated carbocycles. The summed E-state index contributed by atoms with van der Waals surface area (Å²) in [4.78, 5) is 12.2. The van der Waals surface area contributed by atoms with Crippen LogP contribution in [0.1, 0.15) is 12.5 Å². The normalized spacial score (nSPS) is 10.6. The molecule has 0 saturated heterocycles. The second-order valence-corrected chi connectivity index (χ2v) is 3.65. The molecule has 0 aromatic heterocycles. The SMILES string of the molecule is CCN(Cc1ccccc1Cl)C(=O)C(F)F. The van der Waals surface area contributed by atoms with Crippen LogP contribution in [0.25, 0.3) is 0 Å². The van der Waals surface area contributed by atoms with Crippen LogP contribution >= 0.6 is 11.6 Å². The predicted octanol–water partition coefficient (Wildman–Crippen LogP) is 2.95. The number of hydrogen-bond donors (Lipinski definition) is 0. The van der Waals surface area contributed by atoms with E-state index in [-0.39, 0.29) is 13.1 Å². The van der Waals surface area contributed by atoms with E-state index in [1.807, 2.05) is 0 Å². The van der Waals surface area contributed by atoms with Crippen molar-refractivity contribution in [2.45, 2.75) is 19.9 Å². The monoisotopic (exact) mass is 247 g/mol. The molecular weight excluding hydrogens is 236 g/mol. The largest absolute Gasteiger partial charge is 0.334 e. The first-order chi connectivity index (χ1) is 7.56. The molecule has 2 nitrogen and oxygen atoms in total. The molecule has 0 atom stereocenters. The standard InChI is InChI=1S/C11H12ClF2NO/c1-2-15(11(16)10(13)14)7-8-5-3-4-6-9(8)12/h3-6,10H,2,7H2,1H3. The summed E-state index contributed by atoms with van der Waals surface area (Å²) in [6.07, 6.45) is -2.97. The van der Waals surface area contributed by atoms with Gasteiger partial charge in [0.25, 0.3) is 5.91 Å². The Balaban J connectivity index is 2.78. The smallest absolute Gasteiger partial charge is 0.315 e. The summed E-state index contributed by atoms with van der Waals surface area (Å²) in [6.45, 7) is 1.99. The first-order valence-corrected chi connectivity index (χ1v) is 5.24. The summed E-state index contributed by atoms with van der Waals surface area (Å²) in [6, 6.07) is 6.88. The zero-order chi connectivity index (χ0) is 12.1. The number of benzene rings is 1. The molecule has 88 valence electrons. The van der Waals surface area contributed by atoms with Crippen LogP contribution < -0.4 is 0 Å². The van der Waals surface area contributed by atoms with Gasteiger partial charge in [0.15, 0.2) is 0 Å². The minimum atomic E-state index is -2.97. The molecule has 0 fully saturated rings. The summed E-state index contributed by atoms with van der Waals surface area (Å²) < 4.78 is 24.5. The number of carbonyl (C=O) groups excluding carboxylic acids is 1. The Labute approximate surface area is 97.8 Å². The molecule has 1 amide bonds. The van der Waals surface area contributed by atoms with E-state index in [1.54, 1.807) is 31.2 Å². The molecular formula is C11H12ClF2NO. The highest BCUT2D eigenvalue weighted by Gasteiger charge is 2.22. The molecule has 0 bridgehead atoms. The molecule has 0 heterocycles. The van der Waals surface area contributed by atoms with Gasteiger partial charge in [-0.3, -0.25) is 4.79 Å². The summed E-state index contributed by atoms with van der Waals surface area (Å²) in [5, 5.41) is 0.475. The maximum absolute atomic E-state index is 12.2. The van der Waals surface area contributed by atoms with E-state index in [2.05, 4.69) is 0 Å². The third-order valence-electron chi connectivity index (χ3n) is 2.20. The van der Waals surface area contributed by atoms with Crippen LogP contribution in [0.2, 0.25) is 5.02 Å². The van der Waals surface area contributed by atoms with Crippen LogP contribution in [0.3, 0.4) is 0 Å². The minimum absolute atomic E-state index is 0.110. The minimum Gasteiger partial charge on any atom is -0.334 e. The van der Waals surface area contributed by atoms with Crippen molar-refractivity contribution in [3.63, 3.8) is 0 Å². The molecule has 0 unspecified atom stereocenters. The summed E-state index contributed by atoms with van der Waals surface area (Å²) in [7, 11) is 0. The molecule has 0 aliphatic carbocycles. The van der Waals surface area contributed by atoms with Crippen LogP contribution in [0.4, 0.5) is 8.78 Å². The van der Waals surface area contributed by atoms with Crippen molar-refractivity contribution < 1.29 is 13.6 Å². The number of hydrogen-bond acceptors (Lipinski definition) is 1. The zero-order valence-electron chi connectivity index (χ0n) is 8.79. The van der Waals surface area contributed by atoms with Crippen LogP contribution in [0.15, 0.2) is 24.3 Å². The topological polar surface area (TPSA) is 20.3 Å². The first-order valence-electron chi connectivity index (χ1n) is 4.86. The Morgan fingerprint density at radius 2 is 2.06 bits per heavy atom. The van der Waals surface area contributed by atoms with Gasteiger partial charge in [-0.25, -0.2) is 0 Å². The molecule has 5 heteroatoms. The van der Waals surface area contributed by atoms with E-state index < -0.39 is 12.3 Å². The van der Waals surface area contributed by atoms with Gasteiger partial charge in [0.05, 0.1) is 0 Å². The van der Waals surface area contributed by atoms with E-state index >= 15 is 0 Å². The van der Waals surface area contributed by atoms with Gasteiger partial charge in [0, 0.05) is 18.1 Å². The number of nitrogens with zero attached hydrogens (tertiary/aromatic N) is 1. The maximum Gasteiger partial charge on any atom is 0.315 e. The molecule has 0 N–H and O–H groups in total. The number of amides is 1. The lowest BCUT2D eigenvalue weighted by molar-refractivity contribution is -0.143.